The molecule has 1 aromatic heterocycles. The summed E-state index contributed by atoms with van der Waals surface area (Å²) in [5, 5.41) is 3.65. The van der Waals surface area contributed by atoms with Crippen LogP contribution < -0.4 is 10.1 Å². The van der Waals surface area contributed by atoms with Gasteiger partial charge in [-0.2, -0.15) is 8.78 Å². The highest BCUT2D eigenvalue weighted by molar-refractivity contribution is 7.99. The first-order valence-corrected chi connectivity index (χ1v) is 9.95. The average Bonchev–Trinajstić information content (AvgIpc) is 3.23. The first-order chi connectivity index (χ1) is 12.9. The van der Waals surface area contributed by atoms with Crippen LogP contribution in [0.15, 0.2) is 29.4 Å². The highest BCUT2D eigenvalue weighted by Gasteiger charge is 2.23. The molecule has 146 valence electrons. The van der Waals surface area contributed by atoms with Gasteiger partial charge in [-0.05, 0) is 51.0 Å². The number of anilines is 1. The number of alkyl halides is 2. The number of benzene rings is 1. The van der Waals surface area contributed by atoms with Gasteiger partial charge in [0, 0.05) is 17.4 Å². The molecule has 1 N–H and O–H groups in total. The van der Waals surface area contributed by atoms with Gasteiger partial charge >= 0.3 is 6.61 Å². The highest BCUT2D eigenvalue weighted by Crippen LogP contribution is 2.35. The molecule has 1 aliphatic carbocycles. The number of aryl methyl sites for hydroxylation is 1. The highest BCUT2D eigenvalue weighted by atomic mass is 32.2. The molecule has 0 saturated heterocycles. The fourth-order valence-electron chi connectivity index (χ4n) is 3.34. The summed E-state index contributed by atoms with van der Waals surface area (Å²) in [6.45, 7) is 1.21. The Kier molecular flexibility index (Phi) is 6.36. The van der Waals surface area contributed by atoms with E-state index in [0.29, 0.717) is 11.7 Å². The second-order valence-electron chi connectivity index (χ2n) is 6.61. The minimum Gasteiger partial charge on any atom is -0.435 e. The van der Waals surface area contributed by atoms with Crippen molar-refractivity contribution in [3.63, 3.8) is 0 Å². The molecule has 2 aromatic rings. The van der Waals surface area contributed by atoms with Crippen molar-refractivity contribution in [3.8, 4) is 5.75 Å². The molecule has 1 heterocycles. The fraction of sp³-hybridized carbons (Fsp3) is 0.474. The van der Waals surface area contributed by atoms with E-state index in [1.54, 1.807) is 0 Å². The van der Waals surface area contributed by atoms with E-state index in [1.807, 2.05) is 6.92 Å². The van der Waals surface area contributed by atoms with Gasteiger partial charge in [0.05, 0.1) is 11.4 Å². The molecule has 1 aromatic carbocycles. The van der Waals surface area contributed by atoms with E-state index in [-0.39, 0.29) is 17.4 Å². The number of carbonyl (C=O) groups is 1. The zero-order chi connectivity index (χ0) is 19.4. The molecule has 8 heteroatoms. The largest absolute Gasteiger partial charge is 0.435 e. The number of amides is 1. The van der Waals surface area contributed by atoms with E-state index >= 15 is 0 Å². The molecule has 1 fully saturated rings. The van der Waals surface area contributed by atoms with E-state index in [4.69, 9.17) is 0 Å². The SMILES string of the molecule is Cc1nc(SCC(=O)Nc2ccc(OC(F)F)cc2)n(C2CCCC2)c1C. The number of rotatable bonds is 7. The summed E-state index contributed by atoms with van der Waals surface area (Å²) >= 11 is 1.42. The Morgan fingerprint density at radius 2 is 1.96 bits per heavy atom. The number of hydrogen-bond donors (Lipinski definition) is 1. The molecule has 1 saturated carbocycles. The van der Waals surface area contributed by atoms with Crippen molar-refractivity contribution in [1.29, 1.82) is 0 Å². The Bertz CT molecular complexity index is 787. The second-order valence-corrected chi connectivity index (χ2v) is 7.56. The van der Waals surface area contributed by atoms with Crippen LogP contribution in [0.5, 0.6) is 5.75 Å². The van der Waals surface area contributed by atoms with Gasteiger partial charge < -0.3 is 14.6 Å². The summed E-state index contributed by atoms with van der Waals surface area (Å²) in [6.07, 6.45) is 4.78. The summed E-state index contributed by atoms with van der Waals surface area (Å²) in [5.41, 5.74) is 2.70. The molecule has 1 amide bonds. The summed E-state index contributed by atoms with van der Waals surface area (Å²) in [7, 11) is 0. The van der Waals surface area contributed by atoms with Crippen molar-refractivity contribution in [3.05, 3.63) is 35.7 Å². The molecule has 0 radical (unpaired) electrons. The molecular weight excluding hydrogens is 372 g/mol. The van der Waals surface area contributed by atoms with Gasteiger partial charge in [-0.15, -0.1) is 0 Å². The maximum absolute atomic E-state index is 12.3. The van der Waals surface area contributed by atoms with E-state index in [1.165, 1.54) is 54.6 Å². The molecule has 0 spiro atoms. The molecule has 5 nitrogen and oxygen atoms in total. The monoisotopic (exact) mass is 395 g/mol. The van der Waals surface area contributed by atoms with Crippen molar-refractivity contribution in [2.24, 2.45) is 0 Å². The van der Waals surface area contributed by atoms with E-state index in [0.717, 1.165) is 23.7 Å². The fourth-order valence-corrected chi connectivity index (χ4v) is 4.30. The van der Waals surface area contributed by atoms with Crippen molar-refractivity contribution >= 4 is 23.4 Å². The van der Waals surface area contributed by atoms with Crippen molar-refractivity contribution in [2.75, 3.05) is 11.1 Å². The molecule has 0 atom stereocenters. The predicted molar refractivity (Wildman–Crippen MR) is 102 cm³/mol. The minimum atomic E-state index is -2.86. The van der Waals surface area contributed by atoms with E-state index in [9.17, 15) is 13.6 Å². The second kappa shape index (κ2) is 8.73. The lowest BCUT2D eigenvalue weighted by Crippen LogP contribution is -2.15. The number of thioether (sulfide) groups is 1. The topological polar surface area (TPSA) is 56.1 Å². The predicted octanol–water partition coefficient (Wildman–Crippen LogP) is 4.95. The smallest absolute Gasteiger partial charge is 0.387 e. The zero-order valence-corrected chi connectivity index (χ0v) is 16.2. The molecule has 1 aliphatic rings. The third-order valence-corrected chi connectivity index (χ3v) is 5.69. The molecule has 0 aliphatic heterocycles. The Morgan fingerprint density at radius 3 is 2.59 bits per heavy atom. The Labute approximate surface area is 161 Å². The molecular formula is C19H23F2N3O2S. The lowest BCUT2D eigenvalue weighted by molar-refractivity contribution is -0.113. The average molecular weight is 395 g/mol. The lowest BCUT2D eigenvalue weighted by Gasteiger charge is -2.16. The van der Waals surface area contributed by atoms with E-state index in [2.05, 4.69) is 26.5 Å². The van der Waals surface area contributed by atoms with Crippen LogP contribution in [0, 0.1) is 13.8 Å². The van der Waals surface area contributed by atoms with E-state index < -0.39 is 6.61 Å². The quantitative estimate of drug-likeness (QED) is 0.674. The summed E-state index contributed by atoms with van der Waals surface area (Å²) < 4.78 is 30.9. The van der Waals surface area contributed by atoms with Crippen LogP contribution in [-0.4, -0.2) is 27.8 Å². The summed E-state index contributed by atoms with van der Waals surface area (Å²) in [6, 6.07) is 6.34. The Morgan fingerprint density at radius 1 is 1.30 bits per heavy atom. The van der Waals surface area contributed by atoms with Gasteiger partial charge in [-0.25, -0.2) is 4.98 Å². The summed E-state index contributed by atoms with van der Waals surface area (Å²) in [4.78, 5) is 16.9. The van der Waals surface area contributed by atoms with Crippen LogP contribution in [0.3, 0.4) is 0 Å². The Hall–Kier alpha value is -2.09. The van der Waals surface area contributed by atoms with Crippen LogP contribution in [0.25, 0.3) is 0 Å². The number of halogens is 2. The van der Waals surface area contributed by atoms with Gasteiger partial charge in [-0.1, -0.05) is 24.6 Å². The number of aromatic nitrogens is 2. The molecule has 0 bridgehead atoms. The number of imidazole rings is 1. The van der Waals surface area contributed by atoms with Crippen molar-refractivity contribution < 1.29 is 18.3 Å². The Balaban J connectivity index is 1.58. The molecule has 27 heavy (non-hydrogen) atoms. The van der Waals surface area contributed by atoms with Gasteiger partial charge in [0.2, 0.25) is 5.91 Å². The van der Waals surface area contributed by atoms with Crippen LogP contribution in [0.2, 0.25) is 0 Å². The van der Waals surface area contributed by atoms with Gasteiger partial charge in [0.15, 0.2) is 5.16 Å². The van der Waals surface area contributed by atoms with Gasteiger partial charge in [-0.3, -0.25) is 4.79 Å². The third kappa shape index (κ3) is 5.00. The lowest BCUT2D eigenvalue weighted by atomic mass is 10.2. The molecule has 0 unspecified atom stereocenters. The number of nitrogens with zero attached hydrogens (tertiary/aromatic N) is 2. The van der Waals surface area contributed by atoms with Crippen LogP contribution in [-0.2, 0) is 4.79 Å². The number of nitrogens with one attached hydrogen (secondary N) is 1. The minimum absolute atomic E-state index is 0.0573. The summed E-state index contributed by atoms with van der Waals surface area (Å²) in [5.74, 6) is 0.124. The maximum atomic E-state index is 12.3. The van der Waals surface area contributed by atoms with Crippen molar-refractivity contribution in [1.82, 2.24) is 9.55 Å². The first-order valence-electron chi connectivity index (χ1n) is 8.97. The maximum Gasteiger partial charge on any atom is 0.387 e. The number of hydrogen-bond acceptors (Lipinski definition) is 4. The van der Waals surface area contributed by atoms with Crippen LogP contribution in [0.4, 0.5) is 14.5 Å². The van der Waals surface area contributed by atoms with Crippen LogP contribution >= 0.6 is 11.8 Å². The first kappa shape index (κ1) is 19.7. The van der Waals surface area contributed by atoms with Gasteiger partial charge in [0.25, 0.3) is 0 Å². The number of ether oxygens (including phenoxy) is 1. The third-order valence-electron chi connectivity index (χ3n) is 4.74. The van der Waals surface area contributed by atoms with Gasteiger partial charge in [0.1, 0.15) is 5.75 Å². The normalized spacial score (nSPS) is 14.7. The zero-order valence-electron chi connectivity index (χ0n) is 15.4. The standard InChI is InChI=1S/C19H23F2N3O2S/c1-12-13(2)24(15-5-3-4-6-15)19(22-12)27-11-17(25)23-14-7-9-16(10-8-14)26-18(20)21/h7-10,15,18H,3-6,11H2,1-2H3,(H,23,25). The van der Waals surface area contributed by atoms with Crippen LogP contribution in [0.1, 0.15) is 43.1 Å². The number of carbonyl (C=O) groups excluding carboxylic acids is 1. The molecule has 3 rings (SSSR count). The van der Waals surface area contributed by atoms with Crippen molar-refractivity contribution in [2.45, 2.75) is 57.3 Å².